The van der Waals surface area contributed by atoms with Crippen molar-refractivity contribution in [3.8, 4) is 0 Å². The summed E-state index contributed by atoms with van der Waals surface area (Å²) in [6.07, 6.45) is 1.36. The number of benzene rings is 1. The molecular weight excluding hydrogens is 272 g/mol. The fourth-order valence-corrected chi connectivity index (χ4v) is 2.50. The monoisotopic (exact) mass is 288 g/mol. The van der Waals surface area contributed by atoms with Crippen molar-refractivity contribution >= 4 is 17.7 Å². The zero-order valence-electron chi connectivity index (χ0n) is 11.6. The lowest BCUT2D eigenvalue weighted by molar-refractivity contribution is 0.0695. The molecule has 0 aliphatic carbocycles. The summed E-state index contributed by atoms with van der Waals surface area (Å²) >= 11 is 1.43. The van der Waals surface area contributed by atoms with Gasteiger partial charge in [-0.2, -0.15) is 0 Å². The maximum absolute atomic E-state index is 10.9. The third-order valence-electron chi connectivity index (χ3n) is 2.94. The summed E-state index contributed by atoms with van der Waals surface area (Å²) in [7, 11) is 0. The molecule has 0 spiro atoms. The van der Waals surface area contributed by atoms with Crippen LogP contribution in [0.1, 0.15) is 41.4 Å². The van der Waals surface area contributed by atoms with Gasteiger partial charge in [0.2, 0.25) is 0 Å². The number of aromatic carboxylic acids is 1. The second-order valence-electron chi connectivity index (χ2n) is 4.78. The predicted molar refractivity (Wildman–Crippen MR) is 78.4 cm³/mol. The number of carboxylic acid groups (broad SMARTS) is 1. The molecule has 0 saturated heterocycles. The van der Waals surface area contributed by atoms with Crippen molar-refractivity contribution in [2.75, 3.05) is 0 Å². The number of aryl methyl sites for hydroxylation is 1. The lowest BCUT2D eigenvalue weighted by Crippen LogP contribution is -2.03. The van der Waals surface area contributed by atoms with Crippen LogP contribution in [0.25, 0.3) is 0 Å². The number of hydrogen-bond donors (Lipinski definition) is 1. The molecule has 1 aromatic carbocycles. The Bertz CT molecular complexity index is 624. The van der Waals surface area contributed by atoms with Crippen LogP contribution < -0.4 is 0 Å². The maximum Gasteiger partial charge on any atom is 0.339 e. The van der Waals surface area contributed by atoms with Gasteiger partial charge in [-0.3, -0.25) is 0 Å². The Morgan fingerprint density at radius 3 is 2.40 bits per heavy atom. The van der Waals surface area contributed by atoms with Gasteiger partial charge in [-0.05, 0) is 42.3 Å². The van der Waals surface area contributed by atoms with Crippen molar-refractivity contribution in [1.82, 2.24) is 9.97 Å². The Balaban J connectivity index is 2.17. The molecular formula is C15H16N2O2S. The zero-order chi connectivity index (χ0) is 14.7. The number of nitrogens with zero attached hydrogens (tertiary/aromatic N) is 2. The van der Waals surface area contributed by atoms with E-state index < -0.39 is 5.97 Å². The average molecular weight is 288 g/mol. The standard InChI is InChI=1S/C15H16N2O2S/c1-9(2)11-4-6-12(7-5-11)20-15-16-8-13(14(18)19)10(3)17-15/h4-9H,1-3H3,(H,18,19). The topological polar surface area (TPSA) is 63.1 Å². The van der Waals surface area contributed by atoms with Gasteiger partial charge in [0.15, 0.2) is 5.16 Å². The molecule has 2 aromatic rings. The molecule has 0 aliphatic heterocycles. The second kappa shape index (κ2) is 6.05. The molecule has 20 heavy (non-hydrogen) atoms. The number of hydrogen-bond acceptors (Lipinski definition) is 4. The summed E-state index contributed by atoms with van der Waals surface area (Å²) in [4.78, 5) is 20.2. The van der Waals surface area contributed by atoms with Crippen LogP contribution in [-0.4, -0.2) is 21.0 Å². The molecule has 5 heteroatoms. The zero-order valence-corrected chi connectivity index (χ0v) is 12.4. The third-order valence-corrected chi connectivity index (χ3v) is 3.83. The highest BCUT2D eigenvalue weighted by Crippen LogP contribution is 2.26. The molecule has 0 saturated carbocycles. The van der Waals surface area contributed by atoms with Crippen molar-refractivity contribution in [3.05, 3.63) is 47.3 Å². The van der Waals surface area contributed by atoms with Crippen LogP contribution in [0.5, 0.6) is 0 Å². The van der Waals surface area contributed by atoms with E-state index in [1.165, 1.54) is 23.5 Å². The van der Waals surface area contributed by atoms with Gasteiger partial charge in [-0.1, -0.05) is 26.0 Å². The van der Waals surface area contributed by atoms with Gasteiger partial charge in [0.05, 0.1) is 11.3 Å². The van der Waals surface area contributed by atoms with Crippen LogP contribution in [-0.2, 0) is 0 Å². The Hall–Kier alpha value is -1.88. The van der Waals surface area contributed by atoms with E-state index in [0.717, 1.165) is 4.90 Å². The Morgan fingerprint density at radius 1 is 1.25 bits per heavy atom. The van der Waals surface area contributed by atoms with E-state index in [-0.39, 0.29) is 5.56 Å². The number of aromatic nitrogens is 2. The highest BCUT2D eigenvalue weighted by atomic mass is 32.2. The van der Waals surface area contributed by atoms with E-state index in [1.54, 1.807) is 6.92 Å². The molecule has 0 fully saturated rings. The summed E-state index contributed by atoms with van der Waals surface area (Å²) in [6.45, 7) is 5.98. The number of carboxylic acids is 1. The first-order valence-corrected chi connectivity index (χ1v) is 7.13. The molecule has 0 unspecified atom stereocenters. The van der Waals surface area contributed by atoms with E-state index >= 15 is 0 Å². The quantitative estimate of drug-likeness (QED) is 0.868. The normalized spacial score (nSPS) is 10.8. The number of rotatable bonds is 4. The van der Waals surface area contributed by atoms with E-state index in [9.17, 15) is 4.79 Å². The van der Waals surface area contributed by atoms with Crippen molar-refractivity contribution < 1.29 is 9.90 Å². The molecule has 1 N–H and O–H groups in total. The highest BCUT2D eigenvalue weighted by Gasteiger charge is 2.10. The molecule has 0 amide bonds. The average Bonchev–Trinajstić information content (AvgIpc) is 2.39. The van der Waals surface area contributed by atoms with Gasteiger partial charge < -0.3 is 5.11 Å². The van der Waals surface area contributed by atoms with E-state index in [0.29, 0.717) is 16.8 Å². The molecule has 2 rings (SSSR count). The number of carbonyl (C=O) groups is 1. The van der Waals surface area contributed by atoms with Crippen LogP contribution in [0.2, 0.25) is 0 Å². The van der Waals surface area contributed by atoms with Crippen LogP contribution in [0.4, 0.5) is 0 Å². The largest absolute Gasteiger partial charge is 0.478 e. The van der Waals surface area contributed by atoms with Crippen LogP contribution >= 0.6 is 11.8 Å². The van der Waals surface area contributed by atoms with E-state index in [4.69, 9.17) is 5.11 Å². The minimum atomic E-state index is -1.000. The fourth-order valence-electron chi connectivity index (χ4n) is 1.73. The van der Waals surface area contributed by atoms with Crippen molar-refractivity contribution in [2.24, 2.45) is 0 Å². The summed E-state index contributed by atoms with van der Waals surface area (Å²) < 4.78 is 0. The van der Waals surface area contributed by atoms with Gasteiger partial charge in [0.25, 0.3) is 0 Å². The van der Waals surface area contributed by atoms with Crippen molar-refractivity contribution in [1.29, 1.82) is 0 Å². The maximum atomic E-state index is 10.9. The Morgan fingerprint density at radius 2 is 1.90 bits per heavy atom. The van der Waals surface area contributed by atoms with Gasteiger partial charge in [0.1, 0.15) is 0 Å². The van der Waals surface area contributed by atoms with Crippen molar-refractivity contribution in [2.45, 2.75) is 36.7 Å². The summed E-state index contributed by atoms with van der Waals surface area (Å²) in [5.41, 5.74) is 1.91. The van der Waals surface area contributed by atoms with Gasteiger partial charge in [-0.15, -0.1) is 0 Å². The van der Waals surface area contributed by atoms with Crippen molar-refractivity contribution in [3.63, 3.8) is 0 Å². The smallest absolute Gasteiger partial charge is 0.339 e. The molecule has 1 heterocycles. The van der Waals surface area contributed by atoms with Crippen LogP contribution in [0.15, 0.2) is 40.5 Å². The lowest BCUT2D eigenvalue weighted by Gasteiger charge is -2.07. The van der Waals surface area contributed by atoms with Gasteiger partial charge in [0, 0.05) is 11.1 Å². The molecule has 0 atom stereocenters. The minimum Gasteiger partial charge on any atom is -0.478 e. The highest BCUT2D eigenvalue weighted by molar-refractivity contribution is 7.99. The summed E-state index contributed by atoms with van der Waals surface area (Å²) in [6, 6.07) is 8.24. The van der Waals surface area contributed by atoms with E-state index in [1.807, 2.05) is 12.1 Å². The first-order chi connectivity index (χ1) is 9.47. The molecule has 0 bridgehead atoms. The summed E-state index contributed by atoms with van der Waals surface area (Å²) in [5.74, 6) is -0.497. The molecule has 4 nitrogen and oxygen atoms in total. The molecule has 104 valence electrons. The first kappa shape index (κ1) is 14.5. The van der Waals surface area contributed by atoms with Gasteiger partial charge >= 0.3 is 5.97 Å². The Labute approximate surface area is 122 Å². The molecule has 1 aromatic heterocycles. The Kier molecular flexibility index (Phi) is 4.39. The second-order valence-corrected chi connectivity index (χ2v) is 5.82. The first-order valence-electron chi connectivity index (χ1n) is 6.32. The molecule has 0 radical (unpaired) electrons. The lowest BCUT2D eigenvalue weighted by atomic mass is 10.0. The van der Waals surface area contributed by atoms with Crippen LogP contribution in [0.3, 0.4) is 0 Å². The minimum absolute atomic E-state index is 0.143. The SMILES string of the molecule is Cc1nc(Sc2ccc(C(C)C)cc2)ncc1C(=O)O. The fraction of sp³-hybridized carbons (Fsp3) is 0.267. The van der Waals surface area contributed by atoms with E-state index in [2.05, 4.69) is 35.9 Å². The third kappa shape index (κ3) is 3.36. The summed E-state index contributed by atoms with van der Waals surface area (Å²) in [5, 5.41) is 9.50. The van der Waals surface area contributed by atoms with Crippen LogP contribution in [0, 0.1) is 6.92 Å². The molecule has 0 aliphatic rings. The van der Waals surface area contributed by atoms with Gasteiger partial charge in [-0.25, -0.2) is 14.8 Å². The predicted octanol–water partition coefficient (Wildman–Crippen LogP) is 3.76.